The van der Waals surface area contributed by atoms with Crippen molar-refractivity contribution in [3.8, 4) is 17.0 Å². The van der Waals surface area contributed by atoms with Crippen molar-refractivity contribution in [2.24, 2.45) is 0 Å². The summed E-state index contributed by atoms with van der Waals surface area (Å²) in [5.74, 6) is 1.93. The van der Waals surface area contributed by atoms with E-state index < -0.39 is 0 Å². The fourth-order valence-corrected chi connectivity index (χ4v) is 4.34. The second-order valence-corrected chi connectivity index (χ2v) is 8.13. The van der Waals surface area contributed by atoms with Gasteiger partial charge in [-0.25, -0.2) is 0 Å². The van der Waals surface area contributed by atoms with Gasteiger partial charge in [-0.15, -0.1) is 0 Å². The predicted octanol–water partition coefficient (Wildman–Crippen LogP) is 3.85. The molecule has 0 spiro atoms. The summed E-state index contributed by atoms with van der Waals surface area (Å²) >= 11 is 0. The summed E-state index contributed by atoms with van der Waals surface area (Å²) in [7, 11) is 1.66. The number of nitrogens with zero attached hydrogens (tertiary/aromatic N) is 3. The fraction of sp³-hybridized carbons (Fsp3) is 0.280. The van der Waals surface area contributed by atoms with Crippen molar-refractivity contribution in [2.45, 2.75) is 12.8 Å². The first-order valence-corrected chi connectivity index (χ1v) is 11.0. The topological polar surface area (TPSA) is 77.2 Å². The van der Waals surface area contributed by atoms with E-state index in [1.165, 1.54) is 0 Å². The van der Waals surface area contributed by atoms with Crippen LogP contribution in [0.25, 0.3) is 22.2 Å². The lowest BCUT2D eigenvalue weighted by Crippen LogP contribution is -2.36. The zero-order valence-electron chi connectivity index (χ0n) is 18.2. The number of amides is 1. The highest BCUT2D eigenvalue weighted by atomic mass is 16.5. The molecule has 2 N–H and O–H groups in total. The molecular weight excluding hydrogens is 402 g/mol. The number of hydrogen-bond acceptors (Lipinski definition) is 4. The summed E-state index contributed by atoms with van der Waals surface area (Å²) in [5, 5.41) is 8.79. The lowest BCUT2D eigenvalue weighted by Gasteiger charge is -2.22. The van der Waals surface area contributed by atoms with Crippen LogP contribution in [0.4, 0.5) is 5.82 Å². The SMILES string of the molecule is COc1ccc(-c2cc(N3CCCN(C(=O)Cc4c[nH]c5ccccc45)CC3)n[nH]2)cc1. The zero-order valence-corrected chi connectivity index (χ0v) is 18.2. The van der Waals surface area contributed by atoms with Crippen LogP contribution in [0, 0.1) is 0 Å². The van der Waals surface area contributed by atoms with Crippen LogP contribution >= 0.6 is 0 Å². The van der Waals surface area contributed by atoms with Gasteiger partial charge < -0.3 is 19.5 Å². The van der Waals surface area contributed by atoms with E-state index in [1.807, 2.05) is 53.6 Å². The van der Waals surface area contributed by atoms with Crippen LogP contribution in [0.15, 0.2) is 60.8 Å². The first-order valence-electron chi connectivity index (χ1n) is 11.0. The van der Waals surface area contributed by atoms with E-state index in [9.17, 15) is 4.79 Å². The van der Waals surface area contributed by atoms with Crippen LogP contribution in [0.5, 0.6) is 5.75 Å². The molecule has 2 aromatic heterocycles. The molecule has 0 saturated carbocycles. The molecule has 4 aromatic rings. The number of ether oxygens (including phenoxy) is 1. The van der Waals surface area contributed by atoms with Gasteiger partial charge in [0.05, 0.1) is 19.2 Å². The van der Waals surface area contributed by atoms with Gasteiger partial charge in [-0.1, -0.05) is 18.2 Å². The molecule has 0 atom stereocenters. The number of fused-ring (bicyclic) bond motifs is 1. The Hall–Kier alpha value is -3.74. The number of anilines is 1. The average Bonchev–Trinajstić information content (AvgIpc) is 3.40. The fourth-order valence-electron chi connectivity index (χ4n) is 4.34. The van der Waals surface area contributed by atoms with Gasteiger partial charge >= 0.3 is 0 Å². The summed E-state index contributed by atoms with van der Waals surface area (Å²) in [5.41, 5.74) is 4.17. The van der Waals surface area contributed by atoms with Gasteiger partial charge in [-0.3, -0.25) is 9.89 Å². The van der Waals surface area contributed by atoms with E-state index >= 15 is 0 Å². The highest BCUT2D eigenvalue weighted by Crippen LogP contribution is 2.25. The molecule has 3 heterocycles. The van der Waals surface area contributed by atoms with Crippen molar-refractivity contribution in [3.63, 3.8) is 0 Å². The van der Waals surface area contributed by atoms with Gasteiger partial charge in [0.1, 0.15) is 5.75 Å². The summed E-state index contributed by atoms with van der Waals surface area (Å²) in [6.45, 7) is 3.12. The van der Waals surface area contributed by atoms with Crippen molar-refractivity contribution in [3.05, 3.63) is 66.4 Å². The van der Waals surface area contributed by atoms with E-state index in [-0.39, 0.29) is 5.91 Å². The number of H-pyrrole nitrogens is 2. The molecule has 0 radical (unpaired) electrons. The minimum Gasteiger partial charge on any atom is -0.497 e. The minimum atomic E-state index is 0.178. The number of hydrogen-bond donors (Lipinski definition) is 2. The maximum absolute atomic E-state index is 13.0. The Labute approximate surface area is 187 Å². The Morgan fingerprint density at radius 3 is 2.75 bits per heavy atom. The van der Waals surface area contributed by atoms with Crippen molar-refractivity contribution < 1.29 is 9.53 Å². The van der Waals surface area contributed by atoms with Gasteiger partial charge in [0, 0.05) is 49.3 Å². The number of aromatic amines is 2. The molecule has 1 amide bonds. The molecule has 0 unspecified atom stereocenters. The molecular formula is C25H27N5O2. The quantitative estimate of drug-likeness (QED) is 0.505. The van der Waals surface area contributed by atoms with Crippen molar-refractivity contribution in [1.82, 2.24) is 20.1 Å². The number of carbonyl (C=O) groups is 1. The summed E-state index contributed by atoms with van der Waals surface area (Å²) < 4.78 is 5.23. The summed E-state index contributed by atoms with van der Waals surface area (Å²) in [6.07, 6.45) is 3.30. The van der Waals surface area contributed by atoms with E-state index in [0.29, 0.717) is 13.0 Å². The maximum Gasteiger partial charge on any atom is 0.227 e. The second-order valence-electron chi connectivity index (χ2n) is 8.13. The summed E-state index contributed by atoms with van der Waals surface area (Å²) in [4.78, 5) is 20.5. The normalized spacial score (nSPS) is 14.5. The highest BCUT2D eigenvalue weighted by molar-refractivity contribution is 5.89. The first-order chi connectivity index (χ1) is 15.7. The van der Waals surface area contributed by atoms with E-state index in [0.717, 1.165) is 65.3 Å². The Morgan fingerprint density at radius 1 is 1.06 bits per heavy atom. The molecule has 32 heavy (non-hydrogen) atoms. The third-order valence-electron chi connectivity index (χ3n) is 6.15. The smallest absolute Gasteiger partial charge is 0.227 e. The molecule has 1 fully saturated rings. The number of carbonyl (C=O) groups excluding carboxylic acids is 1. The molecule has 7 nitrogen and oxygen atoms in total. The molecule has 164 valence electrons. The molecule has 1 aliphatic heterocycles. The van der Waals surface area contributed by atoms with Crippen LogP contribution in [-0.2, 0) is 11.2 Å². The molecule has 0 aliphatic carbocycles. The Kier molecular flexibility index (Phi) is 5.54. The Bertz CT molecular complexity index is 1210. The van der Waals surface area contributed by atoms with Gasteiger partial charge in [-0.05, 0) is 47.9 Å². The van der Waals surface area contributed by atoms with E-state index in [2.05, 4.69) is 32.2 Å². The molecule has 1 aliphatic rings. The Balaban J connectivity index is 1.23. The van der Waals surface area contributed by atoms with Crippen LogP contribution in [-0.4, -0.2) is 59.3 Å². The minimum absolute atomic E-state index is 0.178. The number of methoxy groups -OCH3 is 1. The van der Waals surface area contributed by atoms with Crippen molar-refractivity contribution in [2.75, 3.05) is 38.2 Å². The zero-order chi connectivity index (χ0) is 21.9. The second kappa shape index (κ2) is 8.78. The van der Waals surface area contributed by atoms with Gasteiger partial charge in [-0.2, -0.15) is 5.10 Å². The van der Waals surface area contributed by atoms with E-state index in [4.69, 9.17) is 4.74 Å². The van der Waals surface area contributed by atoms with Crippen LogP contribution < -0.4 is 9.64 Å². The predicted molar refractivity (Wildman–Crippen MR) is 126 cm³/mol. The van der Waals surface area contributed by atoms with Crippen LogP contribution in [0.1, 0.15) is 12.0 Å². The lowest BCUT2D eigenvalue weighted by atomic mass is 10.1. The van der Waals surface area contributed by atoms with E-state index in [1.54, 1.807) is 7.11 Å². The number of nitrogens with one attached hydrogen (secondary N) is 2. The monoisotopic (exact) mass is 429 g/mol. The third-order valence-corrected chi connectivity index (χ3v) is 6.15. The molecule has 1 saturated heterocycles. The first kappa shape index (κ1) is 20.2. The van der Waals surface area contributed by atoms with Crippen LogP contribution in [0.2, 0.25) is 0 Å². The molecule has 2 aromatic carbocycles. The van der Waals surface area contributed by atoms with Gasteiger partial charge in [0.2, 0.25) is 5.91 Å². The van der Waals surface area contributed by atoms with Crippen molar-refractivity contribution >= 4 is 22.6 Å². The van der Waals surface area contributed by atoms with Crippen LogP contribution in [0.3, 0.4) is 0 Å². The lowest BCUT2D eigenvalue weighted by molar-refractivity contribution is -0.130. The molecule has 0 bridgehead atoms. The largest absolute Gasteiger partial charge is 0.497 e. The number of benzene rings is 2. The maximum atomic E-state index is 13.0. The number of para-hydroxylation sites is 1. The third kappa shape index (κ3) is 4.06. The average molecular weight is 430 g/mol. The molecule has 5 rings (SSSR count). The highest BCUT2D eigenvalue weighted by Gasteiger charge is 2.21. The molecule has 7 heteroatoms. The summed E-state index contributed by atoms with van der Waals surface area (Å²) in [6, 6.07) is 18.1. The van der Waals surface area contributed by atoms with Gasteiger partial charge in [0.25, 0.3) is 0 Å². The van der Waals surface area contributed by atoms with Gasteiger partial charge in [0.15, 0.2) is 5.82 Å². The number of aromatic nitrogens is 3. The Morgan fingerprint density at radius 2 is 1.91 bits per heavy atom. The standard InChI is InChI=1S/C25H27N5O2/c1-32-20-9-7-18(8-10-20)23-16-24(28-27-23)29-11-4-12-30(14-13-29)25(31)15-19-17-26-22-6-3-2-5-21(19)22/h2-3,5-10,16-17,26H,4,11-15H2,1H3,(H,27,28). The van der Waals surface area contributed by atoms with Crippen molar-refractivity contribution in [1.29, 1.82) is 0 Å². The number of rotatable bonds is 5.